The zero-order chi connectivity index (χ0) is 46.5. The molecule has 0 unspecified atom stereocenters. The number of aliphatic carboxylic acids is 1. The van der Waals surface area contributed by atoms with Crippen LogP contribution in [-0.4, -0.2) is 133 Å². The number of nitrogens with zero attached hydrogens (tertiary/aromatic N) is 5. The fourth-order valence-electron chi connectivity index (χ4n) is 7.30. The highest BCUT2D eigenvalue weighted by Crippen LogP contribution is 2.36. The van der Waals surface area contributed by atoms with Crippen molar-refractivity contribution < 1.29 is 66.6 Å². The number of primary sulfonamides is 1. The molecule has 5 atom stereocenters. The van der Waals surface area contributed by atoms with E-state index in [1.807, 2.05) is 4.90 Å². The maximum Gasteiger partial charge on any atom is 0.490 e. The Balaban J connectivity index is 0.000000898. The Labute approximate surface area is 361 Å². The predicted molar refractivity (Wildman–Crippen MR) is 221 cm³/mol. The summed E-state index contributed by atoms with van der Waals surface area (Å²) in [5, 5.41) is 75.0. The molecule has 12 N–H and O–H groups in total. The summed E-state index contributed by atoms with van der Waals surface area (Å²) in [6, 6.07) is 16.6. The first-order valence-corrected chi connectivity index (χ1v) is 20.8. The van der Waals surface area contributed by atoms with Crippen LogP contribution in [0.3, 0.4) is 0 Å². The second-order valence-electron chi connectivity index (χ2n) is 14.8. The van der Waals surface area contributed by atoms with Gasteiger partial charge in [-0.2, -0.15) is 23.1 Å². The van der Waals surface area contributed by atoms with Crippen LogP contribution in [-0.2, 0) is 19.6 Å². The van der Waals surface area contributed by atoms with Gasteiger partial charge < -0.3 is 61.4 Å². The molecule has 342 valence electrons. The van der Waals surface area contributed by atoms with Crippen LogP contribution in [0, 0.1) is 0 Å². The van der Waals surface area contributed by atoms with E-state index in [1.54, 1.807) is 53.1 Å². The first-order valence-electron chi connectivity index (χ1n) is 19.3. The monoisotopic (exact) mass is 916 g/mol. The average Bonchev–Trinajstić information content (AvgIpc) is 3.96. The number of sulfonamides is 1. The Hall–Kier alpha value is -6.80. The minimum Gasteiger partial charge on any atom is -0.508 e. The second-order valence-corrected chi connectivity index (χ2v) is 16.4. The van der Waals surface area contributed by atoms with Crippen LogP contribution in [0.2, 0.25) is 0 Å². The van der Waals surface area contributed by atoms with E-state index in [9.17, 15) is 56.7 Å². The summed E-state index contributed by atoms with van der Waals surface area (Å²) in [6.45, 7) is 0.241. The molecular weight excluding hydrogens is 874 g/mol. The van der Waals surface area contributed by atoms with E-state index in [4.69, 9.17) is 25.0 Å². The molecule has 25 heteroatoms. The number of carbonyl (C=O) groups is 3. The van der Waals surface area contributed by atoms with Gasteiger partial charge in [-0.3, -0.25) is 4.79 Å². The number of aliphatic hydroxyl groups is 3. The number of amides is 3. The van der Waals surface area contributed by atoms with Crippen molar-refractivity contribution in [2.45, 2.75) is 60.2 Å². The summed E-state index contributed by atoms with van der Waals surface area (Å²) in [5.41, 5.74) is 2.64. The fourth-order valence-corrected chi connectivity index (χ4v) is 7.85. The highest BCUT2D eigenvalue weighted by Gasteiger charge is 2.44. The lowest BCUT2D eigenvalue weighted by atomic mass is 9.91. The van der Waals surface area contributed by atoms with Gasteiger partial charge in [0.25, 0.3) is 0 Å². The number of aromatic hydroxyl groups is 2. The fraction of sp³-hybridized carbons (Fsp3) is 0.333. The van der Waals surface area contributed by atoms with Crippen LogP contribution in [0.25, 0.3) is 11.2 Å². The van der Waals surface area contributed by atoms with Gasteiger partial charge in [0.15, 0.2) is 17.0 Å². The molecule has 1 saturated heterocycles. The van der Waals surface area contributed by atoms with Gasteiger partial charge in [0.2, 0.25) is 21.9 Å². The number of nitrogens with two attached hydrogens (primary N) is 1. The maximum atomic E-state index is 13.0. The van der Waals surface area contributed by atoms with Gasteiger partial charge in [-0.05, 0) is 66.4 Å². The van der Waals surface area contributed by atoms with Gasteiger partial charge in [0.1, 0.15) is 30.3 Å². The minimum absolute atomic E-state index is 0.105. The summed E-state index contributed by atoms with van der Waals surface area (Å²) in [6.07, 6.45) is -5.64. The van der Waals surface area contributed by atoms with Crippen LogP contribution in [0.4, 0.5) is 35.4 Å². The van der Waals surface area contributed by atoms with E-state index < -0.39 is 65.0 Å². The van der Waals surface area contributed by atoms with Gasteiger partial charge in [-0.15, -0.1) is 0 Å². The number of phenolic OH excluding ortho intramolecular Hbond substituents is 2. The quantitative estimate of drug-likeness (QED) is 0.0840. The number of hydrogen-bond acceptors (Lipinski definition) is 15. The molecule has 2 aromatic heterocycles. The van der Waals surface area contributed by atoms with Gasteiger partial charge >= 0.3 is 18.2 Å². The highest BCUT2D eigenvalue weighted by molar-refractivity contribution is 7.89. The lowest BCUT2D eigenvalue weighted by Gasteiger charge is -2.22. The Morgan fingerprint density at radius 3 is 2.12 bits per heavy atom. The number of hydrogen-bond donors (Lipinski definition) is 11. The molecule has 3 aromatic carbocycles. The number of rotatable bonds is 12. The lowest BCUT2D eigenvalue weighted by Crippen LogP contribution is -2.44. The Morgan fingerprint density at radius 1 is 0.922 bits per heavy atom. The third-order valence-corrected chi connectivity index (χ3v) is 11.4. The Morgan fingerprint density at radius 2 is 1.55 bits per heavy atom. The number of halogens is 3. The molecular formula is C39H43F3N10O11S. The SMILES string of the molecule is NS(=O)(=O)c1cccc(NC(=O)N[C@@H]2CCN(c3nc(NCC(c4ccc(O)cc4)c4ccc(O)cc4)c4ncn([C@@H]5C[C@H](NC(=O)CO)[C@@H](O)[C@H]5O)c4n3)C2)c1.O=C(O)C(F)(F)F. The van der Waals surface area contributed by atoms with E-state index in [-0.39, 0.29) is 53.0 Å². The van der Waals surface area contributed by atoms with Crippen molar-refractivity contribution in [3.8, 4) is 11.5 Å². The predicted octanol–water partition coefficient (Wildman–Crippen LogP) is 1.31. The molecule has 2 fully saturated rings. The summed E-state index contributed by atoms with van der Waals surface area (Å²) >= 11 is 0. The van der Waals surface area contributed by atoms with E-state index in [0.717, 1.165) is 11.1 Å². The molecule has 3 heterocycles. The second kappa shape index (κ2) is 19.3. The number of carboxylic acid groups (broad SMARTS) is 1. The highest BCUT2D eigenvalue weighted by atomic mass is 32.2. The van der Waals surface area contributed by atoms with Crippen molar-refractivity contribution in [2.75, 3.05) is 41.8 Å². The van der Waals surface area contributed by atoms with Crippen molar-refractivity contribution >= 4 is 56.5 Å². The third kappa shape index (κ3) is 11.2. The minimum atomic E-state index is -5.08. The number of urea groups is 1. The van der Waals surface area contributed by atoms with E-state index in [2.05, 4.69) is 26.3 Å². The van der Waals surface area contributed by atoms with Crippen LogP contribution in [0.15, 0.2) is 84.0 Å². The molecule has 1 aliphatic carbocycles. The summed E-state index contributed by atoms with van der Waals surface area (Å²) in [4.78, 5) is 49.9. The van der Waals surface area contributed by atoms with Crippen molar-refractivity contribution in [2.24, 2.45) is 5.14 Å². The normalized spacial score (nSPS) is 19.8. The molecule has 64 heavy (non-hydrogen) atoms. The van der Waals surface area contributed by atoms with Crippen LogP contribution in [0.1, 0.15) is 35.9 Å². The maximum absolute atomic E-state index is 13.0. The van der Waals surface area contributed by atoms with Crippen molar-refractivity contribution in [1.82, 2.24) is 30.2 Å². The number of nitrogens with one attached hydrogen (secondary N) is 4. The molecule has 3 amide bonds. The van der Waals surface area contributed by atoms with Gasteiger partial charge in [0, 0.05) is 37.3 Å². The van der Waals surface area contributed by atoms with Gasteiger partial charge in [0.05, 0.1) is 23.3 Å². The number of aliphatic hydroxyl groups excluding tert-OH is 3. The third-order valence-electron chi connectivity index (χ3n) is 10.4. The first kappa shape index (κ1) is 46.7. The lowest BCUT2D eigenvalue weighted by molar-refractivity contribution is -0.192. The van der Waals surface area contributed by atoms with Crippen LogP contribution < -0.4 is 31.3 Å². The average molecular weight is 917 g/mol. The topological polar surface area (TPSA) is 328 Å². The largest absolute Gasteiger partial charge is 0.508 e. The smallest absolute Gasteiger partial charge is 0.490 e. The molecule has 21 nitrogen and oxygen atoms in total. The standard InChI is InChI=1S/C37H42N10O9S.C2HF3O2/c38-57(55,56)26-3-1-2-22(14-26)41-37(54)42-23-12-13-46(17-23)36-44-34(39-16-27(20-4-8-24(49)9-5-20)21-6-10-25(50)11-7-21)31-35(45-36)47(19-40-31)29-15-28(32(52)33(29)53)43-30(51)18-48;3-2(4,5)1(6)7/h1-11,14,19,23,27-29,32-33,48-50,52-53H,12-13,15-18H2,(H,43,51)(H2,38,55,56)(H,39,44,45)(H2,41,42,54);(H,6,7)/t23-,28+,29-,32-,33+;/m1./s1. The van der Waals surface area contributed by atoms with Crippen molar-refractivity contribution in [3.05, 3.63) is 90.3 Å². The number of aromatic nitrogens is 4. The molecule has 7 rings (SSSR count). The van der Waals surface area contributed by atoms with Crippen molar-refractivity contribution in [1.29, 1.82) is 0 Å². The molecule has 2 aliphatic rings. The van der Waals surface area contributed by atoms with Crippen LogP contribution in [0.5, 0.6) is 11.5 Å². The number of benzene rings is 3. The Kier molecular flexibility index (Phi) is 14.1. The van der Waals surface area contributed by atoms with Crippen molar-refractivity contribution in [3.63, 3.8) is 0 Å². The molecule has 0 spiro atoms. The molecule has 5 aromatic rings. The van der Waals surface area contributed by atoms with E-state index in [1.165, 1.54) is 30.6 Å². The van der Waals surface area contributed by atoms with E-state index >= 15 is 0 Å². The summed E-state index contributed by atoms with van der Waals surface area (Å²) in [5.74, 6) is -2.90. The molecule has 1 aliphatic heterocycles. The molecule has 0 bridgehead atoms. The summed E-state index contributed by atoms with van der Waals surface area (Å²) < 4.78 is 56.9. The zero-order valence-electron chi connectivity index (χ0n) is 33.3. The number of phenols is 2. The van der Waals surface area contributed by atoms with Gasteiger partial charge in [-0.1, -0.05) is 30.3 Å². The zero-order valence-corrected chi connectivity index (χ0v) is 34.1. The number of carbonyl (C=O) groups excluding carboxylic acids is 2. The molecule has 1 saturated carbocycles. The summed E-state index contributed by atoms with van der Waals surface area (Å²) in [7, 11) is -3.97. The number of fused-ring (bicyclic) bond motifs is 1. The molecule has 0 radical (unpaired) electrons. The number of carboxylic acids is 1. The Bertz CT molecular complexity index is 2540. The number of anilines is 3. The number of imidazole rings is 1. The van der Waals surface area contributed by atoms with Gasteiger partial charge in [-0.25, -0.2) is 28.1 Å². The first-order chi connectivity index (χ1) is 30.2. The van der Waals surface area contributed by atoms with Crippen LogP contribution >= 0.6 is 0 Å². The number of alkyl halides is 3. The van der Waals surface area contributed by atoms with E-state index in [0.29, 0.717) is 36.5 Å².